The molecule has 1 aromatic carbocycles. The van der Waals surface area contributed by atoms with E-state index >= 15 is 0 Å². The molecule has 0 aliphatic carbocycles. The van der Waals surface area contributed by atoms with Gasteiger partial charge in [0.1, 0.15) is 18.5 Å². The first kappa shape index (κ1) is 31.1. The first-order valence-corrected chi connectivity index (χ1v) is 11.9. The van der Waals surface area contributed by atoms with Crippen LogP contribution in [0.25, 0.3) is 6.08 Å². The number of carbonyl (C=O) groups is 5. The third kappa shape index (κ3) is 9.60. The number of hydrogen-bond donors (Lipinski definition) is 0. The molecule has 0 radical (unpaired) electrons. The maximum atomic E-state index is 12.8. The molecule has 0 N–H and O–H groups in total. The van der Waals surface area contributed by atoms with Gasteiger partial charge in [-0.1, -0.05) is 12.1 Å². The second-order valence-electron chi connectivity index (χ2n) is 8.19. The van der Waals surface area contributed by atoms with E-state index in [0.29, 0.717) is 11.3 Å². The van der Waals surface area contributed by atoms with Crippen molar-refractivity contribution in [2.75, 3.05) is 20.3 Å². The molecule has 1 aromatic rings. The summed E-state index contributed by atoms with van der Waals surface area (Å²) in [5.41, 5.74) is 0.489. The number of benzene rings is 1. The van der Waals surface area contributed by atoms with Crippen molar-refractivity contribution >= 4 is 35.9 Å². The van der Waals surface area contributed by atoms with Crippen molar-refractivity contribution in [3.8, 4) is 5.75 Å². The summed E-state index contributed by atoms with van der Waals surface area (Å²) in [5.74, 6) is -3.81. The summed E-state index contributed by atoms with van der Waals surface area (Å²) < 4.78 is 43.2. The van der Waals surface area contributed by atoms with Crippen LogP contribution >= 0.6 is 0 Å². The van der Waals surface area contributed by atoms with Crippen molar-refractivity contribution in [2.24, 2.45) is 0 Å². The van der Waals surface area contributed by atoms with Crippen molar-refractivity contribution in [3.63, 3.8) is 0 Å². The van der Waals surface area contributed by atoms with Crippen LogP contribution < -0.4 is 4.74 Å². The Bertz CT molecular complexity index is 1080. The van der Waals surface area contributed by atoms with Gasteiger partial charge in [-0.2, -0.15) is 0 Å². The Morgan fingerprint density at radius 2 is 1.44 bits per heavy atom. The molecular weight excluding hydrogens is 520 g/mol. The highest BCUT2D eigenvalue weighted by atomic mass is 16.7. The Labute approximate surface area is 225 Å². The second kappa shape index (κ2) is 14.7. The van der Waals surface area contributed by atoms with Gasteiger partial charge in [-0.25, -0.2) is 4.79 Å². The molecule has 1 fully saturated rings. The molecular formula is C26H32O13. The highest BCUT2D eigenvalue weighted by Gasteiger charge is 2.53. The van der Waals surface area contributed by atoms with Gasteiger partial charge in [-0.05, 0) is 30.7 Å². The van der Waals surface area contributed by atoms with E-state index in [1.807, 2.05) is 0 Å². The first-order valence-electron chi connectivity index (χ1n) is 11.9. The molecule has 13 nitrogen and oxygen atoms in total. The average Bonchev–Trinajstić information content (AvgIpc) is 2.85. The number of methoxy groups -OCH3 is 1. The molecule has 1 aliphatic heterocycles. The lowest BCUT2D eigenvalue weighted by molar-refractivity contribution is -0.299. The molecule has 0 amide bonds. The monoisotopic (exact) mass is 552 g/mol. The van der Waals surface area contributed by atoms with E-state index in [1.54, 1.807) is 31.2 Å². The van der Waals surface area contributed by atoms with Crippen molar-refractivity contribution in [3.05, 3.63) is 35.6 Å². The number of ether oxygens (including phenoxy) is 8. The summed E-state index contributed by atoms with van der Waals surface area (Å²) in [5, 5.41) is 0. The van der Waals surface area contributed by atoms with E-state index in [1.165, 1.54) is 13.2 Å². The highest BCUT2D eigenvalue weighted by Crippen LogP contribution is 2.31. The van der Waals surface area contributed by atoms with Crippen LogP contribution in [0.4, 0.5) is 0 Å². The molecule has 2 rings (SSSR count). The molecule has 0 spiro atoms. The van der Waals surface area contributed by atoms with Crippen molar-refractivity contribution in [2.45, 2.75) is 65.3 Å². The van der Waals surface area contributed by atoms with Gasteiger partial charge >= 0.3 is 29.8 Å². The number of esters is 5. The average molecular weight is 553 g/mol. The largest absolute Gasteiger partial charge is 0.497 e. The molecule has 0 saturated carbocycles. The van der Waals surface area contributed by atoms with Gasteiger partial charge in [0.05, 0.1) is 13.7 Å². The first-order chi connectivity index (χ1) is 18.4. The van der Waals surface area contributed by atoms with Crippen LogP contribution in [0.3, 0.4) is 0 Å². The Morgan fingerprint density at radius 3 is 2.00 bits per heavy atom. The minimum atomic E-state index is -1.60. The smallest absolute Gasteiger partial charge is 0.373 e. The van der Waals surface area contributed by atoms with E-state index in [0.717, 1.165) is 27.7 Å². The van der Waals surface area contributed by atoms with Crippen LogP contribution in [0.15, 0.2) is 30.0 Å². The van der Waals surface area contributed by atoms with Crippen LogP contribution in [0.1, 0.15) is 40.2 Å². The molecule has 1 aliphatic rings. The Hall–Kier alpha value is -4.13. The Kier molecular flexibility index (Phi) is 11.7. The minimum Gasteiger partial charge on any atom is -0.497 e. The summed E-state index contributed by atoms with van der Waals surface area (Å²) in [4.78, 5) is 60.3. The maximum Gasteiger partial charge on any atom is 0.373 e. The predicted octanol–water partition coefficient (Wildman–Crippen LogP) is 1.70. The fraction of sp³-hybridized carbons (Fsp3) is 0.500. The third-order valence-corrected chi connectivity index (χ3v) is 5.06. The fourth-order valence-electron chi connectivity index (χ4n) is 3.63. The zero-order valence-electron chi connectivity index (χ0n) is 22.5. The highest BCUT2D eigenvalue weighted by molar-refractivity contribution is 5.91. The van der Waals surface area contributed by atoms with Crippen molar-refractivity contribution < 1.29 is 61.9 Å². The van der Waals surface area contributed by atoms with E-state index < -0.39 is 67.2 Å². The van der Waals surface area contributed by atoms with Gasteiger partial charge in [0, 0.05) is 27.7 Å². The number of hydrogen-bond acceptors (Lipinski definition) is 13. The van der Waals surface area contributed by atoms with Crippen molar-refractivity contribution in [1.82, 2.24) is 0 Å². The van der Waals surface area contributed by atoms with Gasteiger partial charge in [0.2, 0.25) is 18.2 Å². The normalized spacial score (nSPS) is 22.6. The van der Waals surface area contributed by atoms with E-state index in [2.05, 4.69) is 0 Å². The van der Waals surface area contributed by atoms with Crippen LogP contribution in [0.2, 0.25) is 0 Å². The molecule has 13 heteroatoms. The summed E-state index contributed by atoms with van der Waals surface area (Å²) in [6.07, 6.45) is -5.87. The molecule has 214 valence electrons. The molecule has 1 heterocycles. The molecule has 1 saturated heterocycles. The summed E-state index contributed by atoms with van der Waals surface area (Å²) in [7, 11) is 1.48. The lowest BCUT2D eigenvalue weighted by Crippen LogP contribution is -2.63. The van der Waals surface area contributed by atoms with E-state index in [4.69, 9.17) is 37.9 Å². The molecule has 0 unspecified atom stereocenters. The van der Waals surface area contributed by atoms with Crippen LogP contribution in [0, 0.1) is 0 Å². The molecule has 39 heavy (non-hydrogen) atoms. The fourth-order valence-corrected chi connectivity index (χ4v) is 3.63. The van der Waals surface area contributed by atoms with Gasteiger partial charge in [0.15, 0.2) is 12.2 Å². The minimum absolute atomic E-state index is 0.0101. The summed E-state index contributed by atoms with van der Waals surface area (Å²) in [6, 6.07) is 6.66. The quantitative estimate of drug-likeness (QED) is 0.169. The Balaban J connectivity index is 2.59. The lowest BCUT2D eigenvalue weighted by Gasteiger charge is -2.43. The van der Waals surface area contributed by atoms with E-state index in [-0.39, 0.29) is 12.4 Å². The van der Waals surface area contributed by atoms with Gasteiger partial charge in [0.25, 0.3) is 0 Å². The maximum absolute atomic E-state index is 12.8. The van der Waals surface area contributed by atoms with Gasteiger partial charge in [-0.15, -0.1) is 0 Å². The molecule has 0 aromatic heterocycles. The van der Waals surface area contributed by atoms with Gasteiger partial charge in [-0.3, -0.25) is 19.2 Å². The number of rotatable bonds is 11. The van der Waals surface area contributed by atoms with Crippen LogP contribution in [-0.4, -0.2) is 80.9 Å². The Morgan fingerprint density at radius 1 is 0.821 bits per heavy atom. The lowest BCUT2D eigenvalue weighted by atomic mass is 9.98. The number of carbonyl (C=O) groups excluding carboxylic acids is 5. The summed E-state index contributed by atoms with van der Waals surface area (Å²) >= 11 is 0. The van der Waals surface area contributed by atoms with Crippen LogP contribution in [-0.2, 0) is 57.1 Å². The van der Waals surface area contributed by atoms with Crippen LogP contribution in [0.5, 0.6) is 5.75 Å². The van der Waals surface area contributed by atoms with Crippen molar-refractivity contribution in [1.29, 1.82) is 0 Å². The second-order valence-corrected chi connectivity index (χ2v) is 8.19. The third-order valence-electron chi connectivity index (χ3n) is 5.06. The predicted molar refractivity (Wildman–Crippen MR) is 131 cm³/mol. The SMILES string of the molecule is CCOC(=O)/C(=C/c1cccc(OC)c1)O[C@H]1O[C@@H](COC(C)=O)[C@H](OC(C)=O)[C@@H](OC(C)=O)[C@@H]1OC(C)=O. The van der Waals surface area contributed by atoms with E-state index in [9.17, 15) is 24.0 Å². The zero-order valence-corrected chi connectivity index (χ0v) is 22.5. The summed E-state index contributed by atoms with van der Waals surface area (Å²) in [6.45, 7) is 5.59. The standard InChI is InChI=1S/C26H32O13/c1-7-33-25(31)20(12-18-9-8-10-19(11-18)32-6)38-26-24(37-17(5)30)23(36-16(4)29)22(35-15(3)28)21(39-26)13-34-14(2)27/h8-12,21-24,26H,7,13H2,1-6H3/b20-12-/t21-,22-,23+,24-,26-/m0/s1. The van der Waals surface area contributed by atoms with Gasteiger partial charge < -0.3 is 37.9 Å². The molecule has 5 atom stereocenters. The zero-order chi connectivity index (χ0) is 29.1. The molecule has 0 bridgehead atoms. The topological polar surface area (TPSA) is 159 Å².